The molecule has 0 radical (unpaired) electrons. The second-order valence-electron chi connectivity index (χ2n) is 3.76. The maximum Gasteiger partial charge on any atom is 0.337 e. The predicted molar refractivity (Wildman–Crippen MR) is 71.2 cm³/mol. The van der Waals surface area contributed by atoms with Crippen LogP contribution < -0.4 is 0 Å². The highest BCUT2D eigenvalue weighted by Crippen LogP contribution is 2.26. The first-order valence-electron chi connectivity index (χ1n) is 4.94. The second kappa shape index (κ2) is 4.40. The number of fused-ring (bicyclic) bond motifs is 1. The average Bonchev–Trinajstić information content (AvgIpc) is 2.62. The summed E-state index contributed by atoms with van der Waals surface area (Å²) in [6.07, 6.45) is 1.10. The van der Waals surface area contributed by atoms with Crippen LogP contribution in [0.5, 0.6) is 0 Å². The van der Waals surface area contributed by atoms with Crippen molar-refractivity contribution >= 4 is 42.8 Å². The van der Waals surface area contributed by atoms with E-state index in [2.05, 4.69) is 20.7 Å². The molecule has 1 aromatic carbocycles. The van der Waals surface area contributed by atoms with Crippen LogP contribution in [0.15, 0.2) is 28.9 Å². The van der Waals surface area contributed by atoms with Gasteiger partial charge in [-0.25, -0.2) is 17.2 Å². The van der Waals surface area contributed by atoms with Gasteiger partial charge in [-0.15, -0.1) is 0 Å². The van der Waals surface area contributed by atoms with Gasteiger partial charge < -0.3 is 4.74 Å². The number of carbonyl (C=O) groups excluding carboxylic acids is 1. The van der Waals surface area contributed by atoms with Crippen molar-refractivity contribution in [1.29, 1.82) is 0 Å². The van der Waals surface area contributed by atoms with Crippen molar-refractivity contribution in [3.8, 4) is 0 Å². The Hall–Kier alpha value is -1.34. The molecule has 1 aromatic heterocycles. The molecular formula is C11H10BrNO4S. The van der Waals surface area contributed by atoms with E-state index in [4.69, 9.17) is 0 Å². The molecule has 1 heterocycles. The molecule has 0 unspecified atom stereocenters. The Bertz CT molecular complexity index is 733. The highest BCUT2D eigenvalue weighted by atomic mass is 79.9. The van der Waals surface area contributed by atoms with E-state index in [1.54, 1.807) is 18.2 Å². The zero-order chi connectivity index (χ0) is 13.5. The van der Waals surface area contributed by atoms with Gasteiger partial charge in [0.2, 0.25) is 10.0 Å². The van der Waals surface area contributed by atoms with Gasteiger partial charge >= 0.3 is 5.97 Å². The molecular weight excluding hydrogens is 322 g/mol. The number of esters is 1. The SMILES string of the molecule is COC(=O)c1ccc2cc(Br)n(S(C)(=O)=O)c2c1. The molecule has 0 aliphatic rings. The number of aromatic nitrogens is 1. The number of benzene rings is 1. The molecule has 0 aliphatic heterocycles. The van der Waals surface area contributed by atoms with Crippen molar-refractivity contribution in [2.75, 3.05) is 13.4 Å². The summed E-state index contributed by atoms with van der Waals surface area (Å²) in [6, 6.07) is 6.44. The fourth-order valence-electron chi connectivity index (χ4n) is 1.73. The van der Waals surface area contributed by atoms with Crippen LogP contribution in [0.2, 0.25) is 0 Å². The largest absolute Gasteiger partial charge is 0.465 e. The lowest BCUT2D eigenvalue weighted by molar-refractivity contribution is 0.0601. The fourth-order valence-corrected chi connectivity index (χ4v) is 3.84. The molecule has 0 atom stereocenters. The molecule has 7 heteroatoms. The van der Waals surface area contributed by atoms with Crippen LogP contribution in [-0.4, -0.2) is 31.7 Å². The maximum absolute atomic E-state index is 11.7. The zero-order valence-corrected chi connectivity index (χ0v) is 12.1. The van der Waals surface area contributed by atoms with E-state index in [1.165, 1.54) is 13.2 Å². The summed E-state index contributed by atoms with van der Waals surface area (Å²) in [6.45, 7) is 0. The van der Waals surface area contributed by atoms with Crippen LogP contribution in [-0.2, 0) is 14.8 Å². The topological polar surface area (TPSA) is 65.4 Å². The summed E-state index contributed by atoms with van der Waals surface area (Å²) in [4.78, 5) is 11.4. The molecule has 0 amide bonds. The van der Waals surface area contributed by atoms with Crippen LogP contribution in [0, 0.1) is 0 Å². The van der Waals surface area contributed by atoms with Gasteiger partial charge in [-0.1, -0.05) is 6.07 Å². The van der Waals surface area contributed by atoms with Crippen molar-refractivity contribution < 1.29 is 17.9 Å². The van der Waals surface area contributed by atoms with Gasteiger partial charge in [-0.3, -0.25) is 0 Å². The Morgan fingerprint density at radius 1 is 1.33 bits per heavy atom. The number of carbonyl (C=O) groups is 1. The maximum atomic E-state index is 11.7. The lowest BCUT2D eigenvalue weighted by Gasteiger charge is -2.05. The normalized spacial score (nSPS) is 11.7. The number of hydrogen-bond acceptors (Lipinski definition) is 4. The number of nitrogens with zero attached hydrogens (tertiary/aromatic N) is 1. The van der Waals surface area contributed by atoms with Crippen LogP contribution in [0.1, 0.15) is 10.4 Å². The minimum Gasteiger partial charge on any atom is -0.465 e. The summed E-state index contributed by atoms with van der Waals surface area (Å²) in [5.41, 5.74) is 0.743. The van der Waals surface area contributed by atoms with Crippen LogP contribution >= 0.6 is 15.9 Å². The molecule has 2 rings (SSSR count). The third-order valence-electron chi connectivity index (χ3n) is 2.47. The summed E-state index contributed by atoms with van der Waals surface area (Å²) in [5.74, 6) is -0.505. The third-order valence-corrected chi connectivity index (χ3v) is 4.35. The monoisotopic (exact) mass is 331 g/mol. The summed E-state index contributed by atoms with van der Waals surface area (Å²) < 4.78 is 29.6. The van der Waals surface area contributed by atoms with Gasteiger partial charge in [0.25, 0.3) is 0 Å². The van der Waals surface area contributed by atoms with Crippen molar-refractivity contribution in [3.63, 3.8) is 0 Å². The van der Waals surface area contributed by atoms with Crippen molar-refractivity contribution in [2.45, 2.75) is 0 Å². The van der Waals surface area contributed by atoms with Crippen LogP contribution in [0.25, 0.3) is 10.9 Å². The molecule has 0 spiro atoms. The Morgan fingerprint density at radius 2 is 2.00 bits per heavy atom. The van der Waals surface area contributed by atoms with E-state index in [0.717, 1.165) is 15.6 Å². The highest BCUT2D eigenvalue weighted by Gasteiger charge is 2.16. The minimum absolute atomic E-state index is 0.306. The Labute approximate surface area is 113 Å². The van der Waals surface area contributed by atoms with Crippen molar-refractivity contribution in [3.05, 3.63) is 34.4 Å². The molecule has 18 heavy (non-hydrogen) atoms. The summed E-state index contributed by atoms with van der Waals surface area (Å²) >= 11 is 3.19. The van der Waals surface area contributed by atoms with Gasteiger partial charge in [-0.2, -0.15) is 0 Å². The van der Waals surface area contributed by atoms with E-state index in [1.807, 2.05) is 0 Å². The molecule has 2 aromatic rings. The number of ether oxygens (including phenoxy) is 1. The molecule has 0 fully saturated rings. The van der Waals surface area contributed by atoms with Gasteiger partial charge in [0.1, 0.15) is 4.60 Å². The Balaban J connectivity index is 2.79. The first kappa shape index (κ1) is 13.1. The molecule has 5 nitrogen and oxygen atoms in total. The van der Waals surface area contributed by atoms with E-state index >= 15 is 0 Å². The van der Waals surface area contributed by atoms with E-state index in [9.17, 15) is 13.2 Å². The molecule has 0 aliphatic carbocycles. The van der Waals surface area contributed by atoms with Gasteiger partial charge in [0.15, 0.2) is 0 Å². The second-order valence-corrected chi connectivity index (χ2v) is 6.40. The molecule has 0 saturated heterocycles. The standard InChI is InChI=1S/C11H10BrNO4S/c1-17-11(14)8-4-3-7-6-10(12)13(9(7)5-8)18(2,15)16/h3-6H,1-2H3. The van der Waals surface area contributed by atoms with Gasteiger partial charge in [-0.05, 0) is 34.1 Å². The van der Waals surface area contributed by atoms with Crippen LogP contribution in [0.4, 0.5) is 0 Å². The number of methoxy groups -OCH3 is 1. The fraction of sp³-hybridized carbons (Fsp3) is 0.182. The predicted octanol–water partition coefficient (Wildman–Crippen LogP) is 2.00. The van der Waals surface area contributed by atoms with E-state index < -0.39 is 16.0 Å². The van der Waals surface area contributed by atoms with Crippen molar-refractivity contribution in [2.24, 2.45) is 0 Å². The first-order chi connectivity index (χ1) is 8.34. The number of hydrogen-bond donors (Lipinski definition) is 0. The Kier molecular flexibility index (Phi) is 3.20. The molecule has 0 bridgehead atoms. The third kappa shape index (κ3) is 2.15. The smallest absolute Gasteiger partial charge is 0.337 e. The first-order valence-corrected chi connectivity index (χ1v) is 7.58. The van der Waals surface area contributed by atoms with Gasteiger partial charge in [0, 0.05) is 5.39 Å². The molecule has 0 N–H and O–H groups in total. The van der Waals surface area contributed by atoms with E-state index in [-0.39, 0.29) is 0 Å². The quantitative estimate of drug-likeness (QED) is 0.789. The zero-order valence-electron chi connectivity index (χ0n) is 9.68. The molecule has 0 saturated carbocycles. The lowest BCUT2D eigenvalue weighted by atomic mass is 10.2. The Morgan fingerprint density at radius 3 is 2.56 bits per heavy atom. The van der Waals surface area contributed by atoms with Crippen molar-refractivity contribution in [1.82, 2.24) is 3.97 Å². The minimum atomic E-state index is -3.45. The molecule has 96 valence electrons. The number of rotatable bonds is 2. The van der Waals surface area contributed by atoms with Gasteiger partial charge in [0.05, 0.1) is 24.4 Å². The highest BCUT2D eigenvalue weighted by molar-refractivity contribution is 9.10. The van der Waals surface area contributed by atoms with E-state index in [0.29, 0.717) is 15.7 Å². The average molecular weight is 332 g/mol. The lowest BCUT2D eigenvalue weighted by Crippen LogP contribution is -2.10. The summed E-state index contributed by atoms with van der Waals surface area (Å²) in [7, 11) is -2.17. The summed E-state index contributed by atoms with van der Waals surface area (Å²) in [5, 5.41) is 0.722. The van der Waals surface area contributed by atoms with Crippen LogP contribution in [0.3, 0.4) is 0 Å². The number of halogens is 1.